The van der Waals surface area contributed by atoms with Gasteiger partial charge in [0.1, 0.15) is 5.69 Å². The van der Waals surface area contributed by atoms with Crippen LogP contribution in [0.4, 0.5) is 38.1 Å². The number of hydrogen-bond acceptors (Lipinski definition) is 1. The number of hydrogen-bond donors (Lipinski definition) is 2. The van der Waals surface area contributed by atoms with E-state index in [4.69, 9.17) is 0 Å². The van der Waals surface area contributed by atoms with Crippen molar-refractivity contribution in [2.75, 3.05) is 10.6 Å². The zero-order chi connectivity index (χ0) is 18.1. The van der Waals surface area contributed by atoms with Crippen molar-refractivity contribution < 1.29 is 26.7 Å². The van der Waals surface area contributed by atoms with E-state index in [0.29, 0.717) is 11.1 Å². The zero-order valence-corrected chi connectivity index (χ0v) is 12.3. The molecule has 3 aromatic rings. The van der Waals surface area contributed by atoms with Crippen molar-refractivity contribution in [1.29, 1.82) is 0 Å². The van der Waals surface area contributed by atoms with Crippen LogP contribution in [0.1, 0.15) is 0 Å². The van der Waals surface area contributed by atoms with Crippen LogP contribution in [0.5, 0.6) is 0 Å². The molecule has 0 saturated heterocycles. The highest BCUT2D eigenvalue weighted by molar-refractivity contribution is 6.06. The van der Waals surface area contributed by atoms with E-state index in [1.165, 1.54) is 6.07 Å². The Kier molecular flexibility index (Phi) is 4.26. The van der Waals surface area contributed by atoms with E-state index in [9.17, 15) is 26.7 Å². The molecule has 0 aromatic heterocycles. The molecule has 3 nitrogen and oxygen atoms in total. The van der Waals surface area contributed by atoms with Crippen LogP contribution < -0.4 is 10.6 Å². The lowest BCUT2D eigenvalue weighted by Gasteiger charge is -2.12. The Morgan fingerprint density at radius 2 is 1.24 bits per heavy atom. The van der Waals surface area contributed by atoms with Gasteiger partial charge in [0, 0.05) is 5.39 Å². The molecule has 0 aliphatic heterocycles. The fourth-order valence-electron chi connectivity index (χ4n) is 2.32. The van der Waals surface area contributed by atoms with Gasteiger partial charge >= 0.3 is 6.03 Å². The SMILES string of the molecule is O=C(Nc1c(F)c(F)c(F)c(F)c1F)Nc1cccc2ccccc12. The van der Waals surface area contributed by atoms with Crippen LogP contribution in [0.15, 0.2) is 42.5 Å². The van der Waals surface area contributed by atoms with Crippen molar-refractivity contribution in [2.45, 2.75) is 0 Å². The summed E-state index contributed by atoms with van der Waals surface area (Å²) in [6.45, 7) is 0. The summed E-state index contributed by atoms with van der Waals surface area (Å²) in [6.07, 6.45) is 0. The highest BCUT2D eigenvalue weighted by Gasteiger charge is 2.26. The van der Waals surface area contributed by atoms with Crippen LogP contribution in [0.25, 0.3) is 10.8 Å². The van der Waals surface area contributed by atoms with Gasteiger partial charge in [-0.05, 0) is 11.5 Å². The number of halogens is 5. The molecule has 0 bridgehead atoms. The van der Waals surface area contributed by atoms with Crippen LogP contribution in [-0.2, 0) is 0 Å². The van der Waals surface area contributed by atoms with Gasteiger partial charge in [0.15, 0.2) is 23.3 Å². The predicted octanol–water partition coefficient (Wildman–Crippen LogP) is 5.18. The first kappa shape index (κ1) is 16.7. The molecule has 0 spiro atoms. The second kappa shape index (κ2) is 6.39. The Labute approximate surface area is 138 Å². The van der Waals surface area contributed by atoms with Gasteiger partial charge in [-0.2, -0.15) is 0 Å². The first-order chi connectivity index (χ1) is 11.9. The minimum Gasteiger partial charge on any atom is -0.307 e. The molecular weight excluding hydrogens is 343 g/mol. The quantitative estimate of drug-likeness (QED) is 0.372. The standard InChI is InChI=1S/C17H9F5N2O/c18-11-12(19)14(21)16(15(22)13(11)20)24-17(25)23-10-7-3-5-8-4-1-2-6-9(8)10/h1-7H,(H2,23,24,25). The average Bonchev–Trinajstić information content (AvgIpc) is 2.62. The summed E-state index contributed by atoms with van der Waals surface area (Å²) in [5.41, 5.74) is -1.12. The van der Waals surface area contributed by atoms with Crippen LogP contribution >= 0.6 is 0 Å². The average molecular weight is 352 g/mol. The summed E-state index contributed by atoms with van der Waals surface area (Å²) in [6, 6.07) is 10.8. The molecule has 3 rings (SSSR count). The molecule has 0 aliphatic carbocycles. The Bertz CT molecular complexity index is 956. The van der Waals surface area contributed by atoms with Gasteiger partial charge in [-0.1, -0.05) is 36.4 Å². The van der Waals surface area contributed by atoms with E-state index >= 15 is 0 Å². The summed E-state index contributed by atoms with van der Waals surface area (Å²) in [4.78, 5) is 11.9. The maximum atomic E-state index is 13.6. The van der Waals surface area contributed by atoms with E-state index in [2.05, 4.69) is 5.32 Å². The third-order valence-electron chi connectivity index (χ3n) is 3.49. The molecule has 2 amide bonds. The number of anilines is 2. The van der Waals surface area contributed by atoms with Crippen molar-refractivity contribution in [3.8, 4) is 0 Å². The van der Waals surface area contributed by atoms with Crippen molar-refractivity contribution in [1.82, 2.24) is 0 Å². The van der Waals surface area contributed by atoms with Crippen LogP contribution in [0.2, 0.25) is 0 Å². The summed E-state index contributed by atoms with van der Waals surface area (Å²) < 4.78 is 66.5. The molecule has 128 valence electrons. The monoisotopic (exact) mass is 352 g/mol. The Morgan fingerprint density at radius 1 is 0.680 bits per heavy atom. The lowest BCUT2D eigenvalue weighted by Crippen LogP contribution is -2.22. The number of urea groups is 1. The van der Waals surface area contributed by atoms with E-state index in [0.717, 1.165) is 5.39 Å². The van der Waals surface area contributed by atoms with Gasteiger partial charge in [-0.3, -0.25) is 0 Å². The lowest BCUT2D eigenvalue weighted by atomic mass is 10.1. The molecule has 8 heteroatoms. The lowest BCUT2D eigenvalue weighted by molar-refractivity contribution is 0.261. The van der Waals surface area contributed by atoms with Crippen LogP contribution in [0, 0.1) is 29.1 Å². The predicted molar refractivity (Wildman–Crippen MR) is 82.8 cm³/mol. The maximum absolute atomic E-state index is 13.6. The van der Waals surface area contributed by atoms with Crippen LogP contribution in [-0.4, -0.2) is 6.03 Å². The fraction of sp³-hybridized carbons (Fsp3) is 0. The number of amides is 2. The molecule has 0 unspecified atom stereocenters. The molecule has 25 heavy (non-hydrogen) atoms. The molecule has 2 N–H and O–H groups in total. The van der Waals surface area contributed by atoms with E-state index in [1.54, 1.807) is 41.7 Å². The number of rotatable bonds is 2. The minimum absolute atomic E-state index is 0.305. The molecule has 0 saturated carbocycles. The minimum atomic E-state index is -2.30. The molecule has 0 heterocycles. The zero-order valence-electron chi connectivity index (χ0n) is 12.3. The van der Waals surface area contributed by atoms with Crippen molar-refractivity contribution >= 4 is 28.2 Å². The largest absolute Gasteiger partial charge is 0.323 e. The molecule has 0 atom stereocenters. The smallest absolute Gasteiger partial charge is 0.307 e. The van der Waals surface area contributed by atoms with Crippen LogP contribution in [0.3, 0.4) is 0 Å². The van der Waals surface area contributed by atoms with Gasteiger partial charge in [0.2, 0.25) is 5.82 Å². The Hall–Kier alpha value is -3.16. The van der Waals surface area contributed by atoms with Gasteiger partial charge < -0.3 is 10.6 Å². The summed E-state index contributed by atoms with van der Waals surface area (Å²) in [7, 11) is 0. The normalized spacial score (nSPS) is 10.8. The number of nitrogens with one attached hydrogen (secondary N) is 2. The maximum Gasteiger partial charge on any atom is 0.323 e. The molecule has 0 radical (unpaired) electrons. The van der Waals surface area contributed by atoms with Gasteiger partial charge in [-0.15, -0.1) is 0 Å². The topological polar surface area (TPSA) is 41.1 Å². The molecule has 3 aromatic carbocycles. The molecule has 0 aliphatic rings. The highest BCUT2D eigenvalue weighted by atomic mass is 19.2. The van der Waals surface area contributed by atoms with Crippen molar-refractivity contribution in [2.24, 2.45) is 0 Å². The Balaban J connectivity index is 1.91. The van der Waals surface area contributed by atoms with Gasteiger partial charge in [-0.25, -0.2) is 26.7 Å². The molecular formula is C17H9F5N2O. The Morgan fingerprint density at radius 3 is 1.92 bits per heavy atom. The second-order valence-corrected chi connectivity index (χ2v) is 5.05. The van der Waals surface area contributed by atoms with E-state index in [-0.39, 0.29) is 0 Å². The summed E-state index contributed by atoms with van der Waals surface area (Å²) in [5, 5.41) is 5.40. The van der Waals surface area contributed by atoms with Crippen molar-refractivity contribution in [3.05, 3.63) is 71.6 Å². The number of fused-ring (bicyclic) bond motifs is 1. The van der Waals surface area contributed by atoms with Gasteiger partial charge in [0.05, 0.1) is 5.69 Å². The first-order valence-electron chi connectivity index (χ1n) is 6.97. The summed E-state index contributed by atoms with van der Waals surface area (Å²) in [5.74, 6) is -10.8. The van der Waals surface area contributed by atoms with E-state index < -0.39 is 40.8 Å². The summed E-state index contributed by atoms with van der Waals surface area (Å²) >= 11 is 0. The number of carbonyl (C=O) groups excluding carboxylic acids is 1. The van der Waals surface area contributed by atoms with Gasteiger partial charge in [0.25, 0.3) is 0 Å². The van der Waals surface area contributed by atoms with E-state index in [1.807, 2.05) is 0 Å². The molecule has 0 fully saturated rings. The first-order valence-corrected chi connectivity index (χ1v) is 6.97. The third-order valence-corrected chi connectivity index (χ3v) is 3.49. The van der Waals surface area contributed by atoms with Crippen molar-refractivity contribution in [3.63, 3.8) is 0 Å². The third kappa shape index (κ3) is 2.98. The second-order valence-electron chi connectivity index (χ2n) is 5.05. The number of benzene rings is 3. The highest BCUT2D eigenvalue weighted by Crippen LogP contribution is 2.28. The fourth-order valence-corrected chi connectivity index (χ4v) is 2.32. The number of carbonyl (C=O) groups is 1.